The predicted molar refractivity (Wildman–Crippen MR) is 67.7 cm³/mol. The minimum atomic E-state index is -0.502. The normalized spacial score (nSPS) is 9.94. The van der Waals surface area contributed by atoms with E-state index >= 15 is 0 Å². The van der Waals surface area contributed by atoms with E-state index in [2.05, 4.69) is 0 Å². The van der Waals surface area contributed by atoms with Crippen LogP contribution in [0, 0.1) is 5.82 Å². The maximum atomic E-state index is 13.3. The minimum Gasteiger partial charge on any atom is -0.494 e. The van der Waals surface area contributed by atoms with E-state index in [0.717, 1.165) is 0 Å². The quantitative estimate of drug-likeness (QED) is 0.763. The van der Waals surface area contributed by atoms with Crippen LogP contribution < -0.4 is 4.74 Å². The predicted octanol–water partition coefficient (Wildman–Crippen LogP) is 2.39. The van der Waals surface area contributed by atoms with E-state index in [0.29, 0.717) is 18.5 Å². The number of nitrogens with zero attached hydrogens (tertiary/aromatic N) is 1. The van der Waals surface area contributed by atoms with Gasteiger partial charge in [-0.2, -0.15) is 0 Å². The van der Waals surface area contributed by atoms with Gasteiger partial charge >= 0.3 is 0 Å². The minimum absolute atomic E-state index is 0. The first-order valence-electron chi connectivity index (χ1n) is 5.06. The molecular weight excluding hydrogens is 245 g/mol. The summed E-state index contributed by atoms with van der Waals surface area (Å²) < 4.78 is 18.1. The van der Waals surface area contributed by atoms with Gasteiger partial charge in [0.15, 0.2) is 17.3 Å². The molecule has 0 aliphatic heterocycles. The van der Waals surface area contributed by atoms with Gasteiger partial charge in [0, 0.05) is 18.5 Å². The molecule has 0 amide bonds. The number of carbonyl (C=O) groups excluding carboxylic acids is 1. The van der Waals surface area contributed by atoms with Crippen molar-refractivity contribution in [1.82, 2.24) is 4.90 Å². The summed E-state index contributed by atoms with van der Waals surface area (Å²) in [6.07, 6.45) is 0.388. The zero-order valence-electron chi connectivity index (χ0n) is 10.2. The average Bonchev–Trinajstić information content (AvgIpc) is 2.25. The lowest BCUT2D eigenvalue weighted by molar-refractivity contribution is 0.0972. The Morgan fingerprint density at radius 2 is 2.06 bits per heavy atom. The van der Waals surface area contributed by atoms with Crippen molar-refractivity contribution in [1.29, 1.82) is 0 Å². The summed E-state index contributed by atoms with van der Waals surface area (Å²) in [5.41, 5.74) is 0.389. The summed E-state index contributed by atoms with van der Waals surface area (Å²) in [6, 6.07) is 4.27. The van der Waals surface area contributed by atoms with Crippen molar-refractivity contribution in [2.75, 3.05) is 27.7 Å². The lowest BCUT2D eigenvalue weighted by atomic mass is 10.1. The van der Waals surface area contributed by atoms with Gasteiger partial charge in [-0.25, -0.2) is 4.39 Å². The number of Topliss-reactive ketones (excluding diaryl/α,β-unsaturated/α-hetero) is 1. The third-order valence-corrected chi connectivity index (χ3v) is 2.26. The summed E-state index contributed by atoms with van der Waals surface area (Å²) in [5.74, 6) is -0.405. The van der Waals surface area contributed by atoms with E-state index in [4.69, 9.17) is 4.74 Å². The molecule has 0 saturated heterocycles. The molecule has 0 fully saturated rings. The Hall–Kier alpha value is -1.13. The van der Waals surface area contributed by atoms with Crippen LogP contribution in [0.2, 0.25) is 0 Å². The second-order valence-electron chi connectivity index (χ2n) is 3.83. The molecule has 1 aromatic carbocycles. The third-order valence-electron chi connectivity index (χ3n) is 2.26. The van der Waals surface area contributed by atoms with Crippen molar-refractivity contribution in [2.45, 2.75) is 6.42 Å². The number of hydrogen-bond donors (Lipinski definition) is 0. The van der Waals surface area contributed by atoms with Gasteiger partial charge in [0.1, 0.15) is 0 Å². The van der Waals surface area contributed by atoms with E-state index in [9.17, 15) is 9.18 Å². The van der Waals surface area contributed by atoms with Crippen molar-refractivity contribution < 1.29 is 13.9 Å². The lowest BCUT2D eigenvalue weighted by Crippen LogP contribution is -2.16. The molecule has 3 nitrogen and oxygen atoms in total. The highest BCUT2D eigenvalue weighted by molar-refractivity contribution is 5.96. The summed E-state index contributed by atoms with van der Waals surface area (Å²) in [7, 11) is 5.18. The second-order valence-corrected chi connectivity index (χ2v) is 3.83. The number of ketones is 1. The first kappa shape index (κ1) is 15.9. The van der Waals surface area contributed by atoms with Crippen LogP contribution in [-0.4, -0.2) is 38.4 Å². The Kier molecular flexibility index (Phi) is 6.76. The molecule has 1 aromatic rings. The van der Waals surface area contributed by atoms with Gasteiger partial charge in [0.25, 0.3) is 0 Å². The standard InChI is InChI=1S/C12H16FNO2.ClH/c1-14(2)7-6-11(15)9-4-5-12(16-3)10(13)8-9;/h4-5,8H,6-7H2,1-3H3;1H. The topological polar surface area (TPSA) is 29.5 Å². The highest BCUT2D eigenvalue weighted by atomic mass is 35.5. The first-order chi connectivity index (χ1) is 7.54. The van der Waals surface area contributed by atoms with Crippen LogP contribution in [0.25, 0.3) is 0 Å². The highest BCUT2D eigenvalue weighted by Crippen LogP contribution is 2.18. The molecule has 0 radical (unpaired) electrons. The van der Waals surface area contributed by atoms with Gasteiger partial charge in [-0.05, 0) is 32.3 Å². The molecule has 96 valence electrons. The molecule has 1 rings (SSSR count). The molecule has 0 aliphatic carbocycles. The van der Waals surface area contributed by atoms with Gasteiger partial charge < -0.3 is 9.64 Å². The van der Waals surface area contributed by atoms with E-state index in [1.54, 1.807) is 6.07 Å². The molecule has 0 saturated carbocycles. The van der Waals surface area contributed by atoms with E-state index in [-0.39, 0.29) is 23.9 Å². The smallest absolute Gasteiger partial charge is 0.165 e. The average molecular weight is 262 g/mol. The van der Waals surface area contributed by atoms with Crippen molar-refractivity contribution in [3.8, 4) is 5.75 Å². The molecule has 0 N–H and O–H groups in total. The fourth-order valence-corrected chi connectivity index (χ4v) is 1.31. The molecule has 0 bridgehead atoms. The molecule has 0 spiro atoms. The fourth-order valence-electron chi connectivity index (χ4n) is 1.31. The largest absolute Gasteiger partial charge is 0.494 e. The SMILES string of the molecule is COc1ccc(C(=O)CCN(C)C)cc1F.Cl. The fraction of sp³-hybridized carbons (Fsp3) is 0.417. The summed E-state index contributed by atoms with van der Waals surface area (Å²) >= 11 is 0. The monoisotopic (exact) mass is 261 g/mol. The van der Waals surface area contributed by atoms with Crippen molar-refractivity contribution in [2.24, 2.45) is 0 Å². The molecule has 17 heavy (non-hydrogen) atoms. The van der Waals surface area contributed by atoms with Crippen LogP contribution in [0.15, 0.2) is 18.2 Å². The van der Waals surface area contributed by atoms with Gasteiger partial charge in [-0.3, -0.25) is 4.79 Å². The third kappa shape index (κ3) is 4.71. The molecule has 5 heteroatoms. The van der Waals surface area contributed by atoms with Crippen LogP contribution in [0.4, 0.5) is 4.39 Å². The molecule has 0 aromatic heterocycles. The Bertz CT molecular complexity index is 383. The van der Waals surface area contributed by atoms with Crippen LogP contribution in [0.5, 0.6) is 5.75 Å². The lowest BCUT2D eigenvalue weighted by Gasteiger charge is -2.09. The van der Waals surface area contributed by atoms with Gasteiger partial charge in [-0.1, -0.05) is 0 Å². The Labute approximate surface area is 107 Å². The van der Waals surface area contributed by atoms with Crippen LogP contribution >= 0.6 is 12.4 Å². The zero-order chi connectivity index (χ0) is 12.1. The van der Waals surface area contributed by atoms with Gasteiger partial charge in [0.2, 0.25) is 0 Å². The van der Waals surface area contributed by atoms with Gasteiger partial charge in [0.05, 0.1) is 7.11 Å². The van der Waals surface area contributed by atoms with Crippen molar-refractivity contribution in [3.63, 3.8) is 0 Å². The summed E-state index contributed by atoms with van der Waals surface area (Å²) in [4.78, 5) is 13.6. The molecule has 0 unspecified atom stereocenters. The van der Waals surface area contributed by atoms with E-state index in [1.165, 1.54) is 19.2 Å². The number of carbonyl (C=O) groups is 1. The molecular formula is C12H17ClFNO2. The molecule has 0 atom stereocenters. The summed E-state index contributed by atoms with van der Waals surface area (Å²) in [5, 5.41) is 0. The number of halogens is 2. The van der Waals surface area contributed by atoms with Crippen molar-refractivity contribution in [3.05, 3.63) is 29.6 Å². The van der Waals surface area contributed by atoms with E-state index in [1.807, 2.05) is 19.0 Å². The second kappa shape index (κ2) is 7.25. The van der Waals surface area contributed by atoms with Crippen LogP contribution in [-0.2, 0) is 0 Å². The molecule has 0 aliphatic rings. The van der Waals surface area contributed by atoms with Crippen molar-refractivity contribution >= 4 is 18.2 Å². The zero-order valence-corrected chi connectivity index (χ0v) is 11.0. The van der Waals surface area contributed by atoms with Crippen LogP contribution in [0.1, 0.15) is 16.8 Å². The Morgan fingerprint density at radius 1 is 1.41 bits per heavy atom. The maximum Gasteiger partial charge on any atom is 0.165 e. The number of rotatable bonds is 5. The Morgan fingerprint density at radius 3 is 2.53 bits per heavy atom. The highest BCUT2D eigenvalue weighted by Gasteiger charge is 2.10. The number of ether oxygens (including phenoxy) is 1. The Balaban J connectivity index is 0.00000256. The first-order valence-corrected chi connectivity index (χ1v) is 5.06. The van der Waals surface area contributed by atoms with Gasteiger partial charge in [-0.15, -0.1) is 12.4 Å². The van der Waals surface area contributed by atoms with Crippen LogP contribution in [0.3, 0.4) is 0 Å². The molecule has 0 heterocycles. The number of benzene rings is 1. The van der Waals surface area contributed by atoms with E-state index < -0.39 is 5.82 Å². The number of hydrogen-bond acceptors (Lipinski definition) is 3. The maximum absolute atomic E-state index is 13.3. The number of methoxy groups -OCH3 is 1. The summed E-state index contributed by atoms with van der Waals surface area (Å²) in [6.45, 7) is 0.659.